The van der Waals surface area contributed by atoms with E-state index in [4.69, 9.17) is 14.1 Å². The van der Waals surface area contributed by atoms with Gasteiger partial charge in [-0.2, -0.15) is 0 Å². The topological polar surface area (TPSA) is 80.3 Å². The number of hydrogen-bond acceptors (Lipinski definition) is 7. The van der Waals surface area contributed by atoms with E-state index < -0.39 is 5.72 Å². The smallest absolute Gasteiger partial charge is 0.260 e. The van der Waals surface area contributed by atoms with Crippen LogP contribution in [0.1, 0.15) is 24.0 Å². The molecule has 2 aromatic carbocycles. The quantitative estimate of drug-likeness (QED) is 0.648. The maximum absolute atomic E-state index is 13.4. The van der Waals surface area contributed by atoms with E-state index in [1.165, 1.54) is 12.1 Å². The monoisotopic (exact) mass is 435 g/mol. The Labute approximate surface area is 184 Å². The Kier molecular flexibility index (Phi) is 5.14. The van der Waals surface area contributed by atoms with Crippen molar-refractivity contribution in [3.05, 3.63) is 77.4 Å². The van der Waals surface area contributed by atoms with Crippen molar-refractivity contribution in [3.63, 3.8) is 0 Å². The number of benzene rings is 2. The largest absolute Gasteiger partial charge is 0.496 e. The van der Waals surface area contributed by atoms with Crippen LogP contribution in [0.4, 0.5) is 4.39 Å². The molecule has 8 heteroatoms. The number of aliphatic hydroxyl groups excluding tert-OH is 1. The lowest BCUT2D eigenvalue weighted by Gasteiger charge is -2.38. The Balaban J connectivity index is 1.47. The van der Waals surface area contributed by atoms with Gasteiger partial charge in [0.1, 0.15) is 24.4 Å². The predicted octanol–water partition coefficient (Wildman–Crippen LogP) is 4.16. The van der Waals surface area contributed by atoms with Gasteiger partial charge in [0.05, 0.1) is 13.3 Å². The van der Waals surface area contributed by atoms with Gasteiger partial charge in [-0.15, -0.1) is 0 Å². The number of aliphatic hydroxyl groups is 1. The van der Waals surface area contributed by atoms with Crippen LogP contribution >= 0.6 is 0 Å². The summed E-state index contributed by atoms with van der Waals surface area (Å²) in [6.07, 6.45) is 6.95. The van der Waals surface area contributed by atoms with Crippen LogP contribution in [0.25, 0.3) is 17.2 Å². The number of amidine groups is 1. The van der Waals surface area contributed by atoms with Crippen molar-refractivity contribution in [2.75, 3.05) is 20.3 Å². The van der Waals surface area contributed by atoms with E-state index in [9.17, 15) is 9.50 Å². The van der Waals surface area contributed by atoms with Crippen molar-refractivity contribution in [1.82, 2.24) is 10.1 Å². The summed E-state index contributed by atoms with van der Waals surface area (Å²) in [6, 6.07) is 11.9. The molecule has 1 atom stereocenters. The van der Waals surface area contributed by atoms with Gasteiger partial charge >= 0.3 is 0 Å². The molecular formula is C24H22FN3O4. The van der Waals surface area contributed by atoms with Crippen molar-refractivity contribution < 1.29 is 23.6 Å². The molecule has 1 saturated heterocycles. The van der Waals surface area contributed by atoms with E-state index in [1.807, 2.05) is 29.2 Å². The number of aromatic nitrogens is 1. The zero-order chi connectivity index (χ0) is 22.1. The number of ether oxygens (including phenoxy) is 1. The molecular weight excluding hydrogens is 413 g/mol. The minimum atomic E-state index is -1.15. The van der Waals surface area contributed by atoms with Crippen LogP contribution in [0.2, 0.25) is 0 Å². The first-order valence-corrected chi connectivity index (χ1v) is 10.3. The molecule has 1 N–H and O–H groups in total. The molecule has 0 amide bonds. The molecule has 164 valence electrons. The molecule has 0 aliphatic carbocycles. The molecule has 0 radical (unpaired) electrons. The van der Waals surface area contributed by atoms with Gasteiger partial charge in [-0.25, -0.2) is 4.39 Å². The molecule has 3 heterocycles. The van der Waals surface area contributed by atoms with Gasteiger partial charge in [-0.05, 0) is 66.5 Å². The van der Waals surface area contributed by atoms with Gasteiger partial charge in [-0.1, -0.05) is 16.4 Å². The van der Waals surface area contributed by atoms with Crippen LogP contribution in [-0.4, -0.2) is 41.3 Å². The second-order valence-corrected chi connectivity index (χ2v) is 7.75. The number of fused-ring (bicyclic) bond motifs is 1. The minimum absolute atomic E-state index is 0.305. The van der Waals surface area contributed by atoms with Crippen LogP contribution in [-0.2, 0) is 10.6 Å². The Morgan fingerprint density at radius 3 is 2.81 bits per heavy atom. The third-order valence-electron chi connectivity index (χ3n) is 5.91. The first kappa shape index (κ1) is 20.3. The highest BCUT2D eigenvalue weighted by Gasteiger charge is 2.49. The number of hydrogen-bond donors (Lipinski definition) is 1. The molecule has 32 heavy (non-hydrogen) atoms. The lowest BCUT2D eigenvalue weighted by atomic mass is 9.94. The first-order chi connectivity index (χ1) is 15.6. The second kappa shape index (κ2) is 8.12. The zero-order valence-corrected chi connectivity index (χ0v) is 17.5. The fraction of sp³-hybridized carbons (Fsp3) is 0.250. The number of oxime groups is 1. The molecule has 1 aromatic heterocycles. The Hall–Kier alpha value is -3.65. The van der Waals surface area contributed by atoms with Gasteiger partial charge in [-0.3, -0.25) is 0 Å². The van der Waals surface area contributed by atoms with Crippen molar-refractivity contribution in [1.29, 1.82) is 0 Å². The number of piperidine rings is 1. The van der Waals surface area contributed by atoms with Crippen LogP contribution < -0.4 is 4.74 Å². The number of nitrogens with zero attached hydrogens (tertiary/aromatic N) is 3. The first-order valence-electron chi connectivity index (χ1n) is 10.3. The average molecular weight is 435 g/mol. The predicted molar refractivity (Wildman–Crippen MR) is 116 cm³/mol. The Morgan fingerprint density at radius 2 is 2.09 bits per heavy atom. The summed E-state index contributed by atoms with van der Waals surface area (Å²) >= 11 is 0. The van der Waals surface area contributed by atoms with Gasteiger partial charge in [0, 0.05) is 23.2 Å². The Morgan fingerprint density at radius 1 is 1.25 bits per heavy atom. The van der Waals surface area contributed by atoms with E-state index in [2.05, 4.69) is 10.3 Å². The van der Waals surface area contributed by atoms with Crippen molar-refractivity contribution >= 4 is 11.9 Å². The van der Waals surface area contributed by atoms with Gasteiger partial charge in [0.25, 0.3) is 5.72 Å². The molecule has 5 rings (SSSR count). The third kappa shape index (κ3) is 3.33. The van der Waals surface area contributed by atoms with Crippen molar-refractivity contribution in [2.24, 2.45) is 5.16 Å². The summed E-state index contributed by atoms with van der Waals surface area (Å²) in [5.74, 6) is 1.04. The summed E-state index contributed by atoms with van der Waals surface area (Å²) in [5.41, 5.74) is 3.17. The SMILES string of the molecule is COc1cc(/C=C2\CCCN3C2=NOC3(CO)c2ccc(F)cc2)ccc1-c1cnoc1. The summed E-state index contributed by atoms with van der Waals surface area (Å²) in [5, 5.41) is 18.3. The summed E-state index contributed by atoms with van der Waals surface area (Å²) < 4.78 is 24.0. The van der Waals surface area contributed by atoms with E-state index in [-0.39, 0.29) is 12.4 Å². The van der Waals surface area contributed by atoms with Gasteiger partial charge in [0.15, 0.2) is 5.84 Å². The third-order valence-corrected chi connectivity index (χ3v) is 5.91. The second-order valence-electron chi connectivity index (χ2n) is 7.75. The fourth-order valence-electron chi connectivity index (χ4n) is 4.28. The molecule has 1 fully saturated rings. The van der Waals surface area contributed by atoms with Crippen LogP contribution in [0.15, 0.2) is 70.2 Å². The maximum atomic E-state index is 13.4. The molecule has 0 spiro atoms. The van der Waals surface area contributed by atoms with E-state index in [1.54, 1.807) is 31.7 Å². The zero-order valence-electron chi connectivity index (χ0n) is 17.5. The number of methoxy groups -OCH3 is 1. The summed E-state index contributed by atoms with van der Waals surface area (Å²) in [6.45, 7) is 0.365. The highest BCUT2D eigenvalue weighted by Crippen LogP contribution is 2.40. The van der Waals surface area contributed by atoms with Crippen LogP contribution in [0.3, 0.4) is 0 Å². The highest BCUT2D eigenvalue weighted by atomic mass is 19.1. The van der Waals surface area contributed by atoms with Crippen molar-refractivity contribution in [2.45, 2.75) is 18.6 Å². The van der Waals surface area contributed by atoms with Gasteiger partial charge in [0.2, 0.25) is 0 Å². The highest BCUT2D eigenvalue weighted by molar-refractivity contribution is 6.03. The Bertz CT molecular complexity index is 1170. The molecule has 2 aliphatic rings. The molecule has 3 aromatic rings. The van der Waals surface area contributed by atoms with E-state index in [0.29, 0.717) is 23.7 Å². The van der Waals surface area contributed by atoms with Crippen LogP contribution in [0, 0.1) is 5.82 Å². The summed E-state index contributed by atoms with van der Waals surface area (Å²) in [7, 11) is 1.62. The number of rotatable bonds is 5. The lowest BCUT2D eigenvalue weighted by molar-refractivity contribution is -0.137. The maximum Gasteiger partial charge on any atom is 0.260 e. The molecule has 2 aliphatic heterocycles. The fourth-order valence-corrected chi connectivity index (χ4v) is 4.28. The minimum Gasteiger partial charge on any atom is -0.496 e. The standard InChI is InChI=1S/C24H22FN3O4/c1-30-22-12-16(4-9-21(22)18-13-26-31-14-18)11-17-3-2-10-28-23(17)27-32-24(28,15-29)19-5-7-20(25)8-6-19/h4-9,11-14,29H,2-3,10,15H2,1H3/b17-11+. The van der Waals surface area contributed by atoms with Gasteiger partial charge < -0.3 is 24.1 Å². The normalized spacial score (nSPS) is 21.3. The molecule has 0 bridgehead atoms. The average Bonchev–Trinajstić information content (AvgIpc) is 3.49. The summed E-state index contributed by atoms with van der Waals surface area (Å²) in [4.78, 5) is 7.76. The number of halogens is 1. The van der Waals surface area contributed by atoms with Crippen molar-refractivity contribution in [3.8, 4) is 16.9 Å². The van der Waals surface area contributed by atoms with E-state index >= 15 is 0 Å². The molecule has 7 nitrogen and oxygen atoms in total. The van der Waals surface area contributed by atoms with Crippen LogP contribution in [0.5, 0.6) is 5.75 Å². The molecule has 0 saturated carbocycles. The lowest BCUT2D eigenvalue weighted by Crippen LogP contribution is -2.51. The molecule has 1 unspecified atom stereocenters. The van der Waals surface area contributed by atoms with E-state index in [0.717, 1.165) is 35.1 Å².